The zero-order chi connectivity index (χ0) is 14.9. The van der Waals surface area contributed by atoms with Gasteiger partial charge in [-0.05, 0) is 38.4 Å². The summed E-state index contributed by atoms with van der Waals surface area (Å²) >= 11 is 0. The van der Waals surface area contributed by atoms with Crippen LogP contribution in [0, 0.1) is 5.41 Å². The summed E-state index contributed by atoms with van der Waals surface area (Å²) in [6, 6.07) is -0.157. The molecule has 3 heterocycles. The maximum absolute atomic E-state index is 12.4. The average molecular weight is 291 g/mol. The van der Waals surface area contributed by atoms with E-state index in [0.29, 0.717) is 13.0 Å². The first-order valence-electron chi connectivity index (χ1n) is 7.76. The summed E-state index contributed by atoms with van der Waals surface area (Å²) < 4.78 is 0. The second kappa shape index (κ2) is 5.77. The number of nitrogens with one attached hydrogen (secondary N) is 3. The van der Waals surface area contributed by atoms with Crippen LogP contribution < -0.4 is 10.6 Å². The lowest BCUT2D eigenvalue weighted by atomic mass is 9.80. The molecule has 6 nitrogen and oxygen atoms in total. The molecule has 0 spiro atoms. The van der Waals surface area contributed by atoms with Crippen LogP contribution in [0.2, 0.25) is 0 Å². The highest BCUT2D eigenvalue weighted by molar-refractivity contribution is 5.82. The number of hydrogen-bond donors (Lipinski definition) is 3. The summed E-state index contributed by atoms with van der Waals surface area (Å²) in [6.07, 6.45) is 4.66. The SMILES string of the molecule is CN1CCC(C)(CNC(=O)C2Cc3nc[nH]c3CN2)CC1. The molecule has 1 saturated heterocycles. The molecular weight excluding hydrogens is 266 g/mol. The molecular formula is C15H25N5O. The number of nitrogens with zero attached hydrogens (tertiary/aromatic N) is 2. The number of aromatic nitrogens is 2. The first-order chi connectivity index (χ1) is 10.1. The van der Waals surface area contributed by atoms with Crippen LogP contribution >= 0.6 is 0 Å². The van der Waals surface area contributed by atoms with Crippen LogP contribution in [0.3, 0.4) is 0 Å². The molecule has 1 unspecified atom stereocenters. The first-order valence-corrected chi connectivity index (χ1v) is 7.76. The molecule has 1 fully saturated rings. The molecule has 3 N–H and O–H groups in total. The Morgan fingerprint density at radius 3 is 3.05 bits per heavy atom. The van der Waals surface area contributed by atoms with E-state index in [9.17, 15) is 4.79 Å². The lowest BCUT2D eigenvalue weighted by molar-refractivity contribution is -0.124. The predicted octanol–water partition coefficient (Wildman–Crippen LogP) is 0.272. The third-order valence-corrected chi connectivity index (χ3v) is 4.93. The molecule has 0 aliphatic carbocycles. The summed E-state index contributed by atoms with van der Waals surface area (Å²) in [6.45, 7) is 5.97. The summed E-state index contributed by atoms with van der Waals surface area (Å²) in [7, 11) is 2.16. The van der Waals surface area contributed by atoms with E-state index in [0.717, 1.165) is 43.9 Å². The van der Waals surface area contributed by atoms with Crippen molar-refractivity contribution in [2.24, 2.45) is 5.41 Å². The van der Waals surface area contributed by atoms with Crippen LogP contribution in [0.25, 0.3) is 0 Å². The Bertz CT molecular complexity index is 504. The number of amides is 1. The summed E-state index contributed by atoms with van der Waals surface area (Å²) in [5.41, 5.74) is 2.34. The van der Waals surface area contributed by atoms with Crippen molar-refractivity contribution in [3.05, 3.63) is 17.7 Å². The molecule has 0 bridgehead atoms. The van der Waals surface area contributed by atoms with Crippen LogP contribution in [0.1, 0.15) is 31.2 Å². The molecule has 1 aromatic heterocycles. The number of aromatic amines is 1. The van der Waals surface area contributed by atoms with E-state index >= 15 is 0 Å². The Hall–Kier alpha value is -1.40. The number of carbonyl (C=O) groups is 1. The number of imidazole rings is 1. The van der Waals surface area contributed by atoms with E-state index < -0.39 is 0 Å². The van der Waals surface area contributed by atoms with E-state index in [1.54, 1.807) is 6.33 Å². The van der Waals surface area contributed by atoms with E-state index in [1.807, 2.05) is 0 Å². The number of piperidine rings is 1. The number of likely N-dealkylation sites (tertiary alicyclic amines) is 1. The Morgan fingerprint density at radius 1 is 1.52 bits per heavy atom. The molecule has 2 aliphatic rings. The van der Waals surface area contributed by atoms with Crippen molar-refractivity contribution in [3.8, 4) is 0 Å². The van der Waals surface area contributed by atoms with Gasteiger partial charge in [-0.1, -0.05) is 6.92 Å². The van der Waals surface area contributed by atoms with Gasteiger partial charge in [0, 0.05) is 19.5 Å². The highest BCUT2D eigenvalue weighted by atomic mass is 16.2. The van der Waals surface area contributed by atoms with Gasteiger partial charge in [0.25, 0.3) is 0 Å². The molecule has 1 amide bonds. The van der Waals surface area contributed by atoms with E-state index in [1.165, 1.54) is 0 Å². The summed E-state index contributed by atoms with van der Waals surface area (Å²) in [5, 5.41) is 6.42. The zero-order valence-corrected chi connectivity index (χ0v) is 12.9. The minimum absolute atomic E-state index is 0.101. The third kappa shape index (κ3) is 3.27. The fraction of sp³-hybridized carbons (Fsp3) is 0.733. The van der Waals surface area contributed by atoms with Crippen molar-refractivity contribution in [2.45, 2.75) is 38.8 Å². The van der Waals surface area contributed by atoms with Gasteiger partial charge in [0.1, 0.15) is 0 Å². The largest absolute Gasteiger partial charge is 0.354 e. The van der Waals surface area contributed by atoms with Gasteiger partial charge in [-0.2, -0.15) is 0 Å². The number of rotatable bonds is 3. The van der Waals surface area contributed by atoms with Gasteiger partial charge in [0.15, 0.2) is 0 Å². The smallest absolute Gasteiger partial charge is 0.237 e. The molecule has 116 valence electrons. The average Bonchev–Trinajstić information content (AvgIpc) is 2.96. The van der Waals surface area contributed by atoms with Crippen molar-refractivity contribution in [1.29, 1.82) is 0 Å². The van der Waals surface area contributed by atoms with Crippen molar-refractivity contribution in [1.82, 2.24) is 25.5 Å². The van der Waals surface area contributed by atoms with Crippen molar-refractivity contribution in [3.63, 3.8) is 0 Å². The monoisotopic (exact) mass is 291 g/mol. The standard InChI is InChI=1S/C15H25N5O/c1-15(3-5-20(2)6-4-15)9-17-14(21)12-7-11-13(8-16-12)19-10-18-11/h10,12,16H,3-9H2,1-2H3,(H,17,21)(H,18,19). The number of hydrogen-bond acceptors (Lipinski definition) is 4. The molecule has 0 radical (unpaired) electrons. The topological polar surface area (TPSA) is 73.0 Å². The van der Waals surface area contributed by atoms with Gasteiger partial charge in [-0.3, -0.25) is 10.1 Å². The number of H-pyrrole nitrogens is 1. The molecule has 6 heteroatoms. The molecule has 0 saturated carbocycles. The van der Waals surface area contributed by atoms with Crippen molar-refractivity contribution >= 4 is 5.91 Å². The Labute approximate surface area is 125 Å². The van der Waals surface area contributed by atoms with E-state index in [-0.39, 0.29) is 17.4 Å². The van der Waals surface area contributed by atoms with Crippen molar-refractivity contribution in [2.75, 3.05) is 26.7 Å². The van der Waals surface area contributed by atoms with Crippen LogP contribution in [-0.2, 0) is 17.8 Å². The van der Waals surface area contributed by atoms with Crippen LogP contribution in [0.5, 0.6) is 0 Å². The van der Waals surface area contributed by atoms with E-state index in [4.69, 9.17) is 0 Å². The predicted molar refractivity (Wildman–Crippen MR) is 80.8 cm³/mol. The minimum atomic E-state index is -0.157. The summed E-state index contributed by atoms with van der Waals surface area (Å²) in [5.74, 6) is 0.101. The van der Waals surface area contributed by atoms with Gasteiger partial charge in [-0.15, -0.1) is 0 Å². The van der Waals surface area contributed by atoms with Gasteiger partial charge in [-0.25, -0.2) is 4.98 Å². The molecule has 1 atom stereocenters. The minimum Gasteiger partial charge on any atom is -0.354 e. The quantitative estimate of drug-likeness (QED) is 0.747. The lowest BCUT2D eigenvalue weighted by Gasteiger charge is -2.38. The maximum atomic E-state index is 12.4. The third-order valence-electron chi connectivity index (χ3n) is 4.93. The van der Waals surface area contributed by atoms with Gasteiger partial charge >= 0.3 is 0 Å². The van der Waals surface area contributed by atoms with E-state index in [2.05, 4.69) is 39.5 Å². The maximum Gasteiger partial charge on any atom is 0.237 e. The van der Waals surface area contributed by atoms with Crippen LogP contribution in [-0.4, -0.2) is 53.5 Å². The Morgan fingerprint density at radius 2 is 2.29 bits per heavy atom. The molecule has 3 rings (SSSR count). The van der Waals surface area contributed by atoms with Crippen LogP contribution in [0.15, 0.2) is 6.33 Å². The second-order valence-electron chi connectivity index (χ2n) is 6.80. The second-order valence-corrected chi connectivity index (χ2v) is 6.80. The van der Waals surface area contributed by atoms with Gasteiger partial charge < -0.3 is 15.2 Å². The first kappa shape index (κ1) is 14.5. The highest BCUT2D eigenvalue weighted by Gasteiger charge is 2.31. The number of carbonyl (C=O) groups excluding carboxylic acids is 1. The normalized spacial score (nSPS) is 25.3. The zero-order valence-electron chi connectivity index (χ0n) is 12.9. The fourth-order valence-electron chi connectivity index (χ4n) is 3.11. The Balaban J connectivity index is 1.51. The highest BCUT2D eigenvalue weighted by Crippen LogP contribution is 2.29. The van der Waals surface area contributed by atoms with Crippen LogP contribution in [0.4, 0.5) is 0 Å². The number of fused-ring (bicyclic) bond motifs is 1. The molecule has 1 aromatic rings. The fourth-order valence-corrected chi connectivity index (χ4v) is 3.11. The van der Waals surface area contributed by atoms with Gasteiger partial charge in [0.2, 0.25) is 5.91 Å². The lowest BCUT2D eigenvalue weighted by Crippen LogP contribution is -2.51. The molecule has 0 aromatic carbocycles. The van der Waals surface area contributed by atoms with Gasteiger partial charge in [0.05, 0.1) is 23.8 Å². The Kier molecular flexibility index (Phi) is 3.99. The van der Waals surface area contributed by atoms with Crippen molar-refractivity contribution < 1.29 is 4.79 Å². The molecule has 2 aliphatic heterocycles. The summed E-state index contributed by atoms with van der Waals surface area (Å²) in [4.78, 5) is 22.1. The molecule has 21 heavy (non-hydrogen) atoms.